The van der Waals surface area contributed by atoms with E-state index in [1.54, 1.807) is 0 Å². The molecule has 2 rings (SSSR count). The minimum atomic E-state index is -1.56. The van der Waals surface area contributed by atoms with Gasteiger partial charge in [-0.3, -0.25) is 4.79 Å². The van der Waals surface area contributed by atoms with Crippen LogP contribution in [0.25, 0.3) is 0 Å². The summed E-state index contributed by atoms with van der Waals surface area (Å²) in [5.41, 5.74) is 0.129. The van der Waals surface area contributed by atoms with Crippen molar-refractivity contribution in [2.24, 2.45) is 11.3 Å². The van der Waals surface area contributed by atoms with E-state index in [1.165, 1.54) is 44.3 Å². The van der Waals surface area contributed by atoms with Crippen molar-refractivity contribution in [2.75, 3.05) is 0 Å². The van der Waals surface area contributed by atoms with Crippen molar-refractivity contribution in [1.82, 2.24) is 0 Å². The van der Waals surface area contributed by atoms with Gasteiger partial charge in [-0.1, -0.05) is 34.1 Å². The maximum Gasteiger partial charge on any atom is 0.302 e. The lowest BCUT2D eigenvalue weighted by Gasteiger charge is -2.47. The van der Waals surface area contributed by atoms with Crippen molar-refractivity contribution < 1.29 is 14.0 Å². The van der Waals surface area contributed by atoms with Gasteiger partial charge in [-0.15, -0.1) is 0 Å². The molecule has 2 fully saturated rings. The second-order valence-corrected chi connectivity index (χ2v) is 12.3. The van der Waals surface area contributed by atoms with Crippen LogP contribution in [0.1, 0.15) is 66.7 Å². The summed E-state index contributed by atoms with van der Waals surface area (Å²) in [6, 6.07) is 3.65. The first-order valence-electron chi connectivity index (χ1n) is 9.25. The molecule has 2 aliphatic carbocycles. The third-order valence-corrected chi connectivity index (χ3v) is 11.3. The van der Waals surface area contributed by atoms with Crippen molar-refractivity contribution >= 4 is 14.3 Å². The summed E-state index contributed by atoms with van der Waals surface area (Å²) in [5.74, 6) is 0.441. The maximum absolute atomic E-state index is 11.4. The molecule has 0 aromatic rings. The van der Waals surface area contributed by atoms with Gasteiger partial charge in [0.05, 0.1) is 0 Å². The molecular formula is C18H34O3Si. The largest absolute Gasteiger partial charge is 0.462 e. The van der Waals surface area contributed by atoms with Crippen LogP contribution in [0.5, 0.6) is 0 Å². The van der Waals surface area contributed by atoms with E-state index in [0.717, 1.165) is 12.8 Å². The first-order chi connectivity index (χ1) is 10.4. The van der Waals surface area contributed by atoms with Crippen LogP contribution >= 0.6 is 0 Å². The Morgan fingerprint density at radius 2 is 1.77 bits per heavy atom. The highest BCUT2D eigenvalue weighted by Crippen LogP contribution is 2.54. The second-order valence-electron chi connectivity index (χ2n) is 7.58. The number of carbonyl (C=O) groups excluding carboxylic acids is 1. The molecule has 3 nitrogen and oxygen atoms in total. The molecule has 0 N–H and O–H groups in total. The zero-order valence-electron chi connectivity index (χ0n) is 15.1. The fraction of sp³-hybridized carbons (Fsp3) is 0.944. The van der Waals surface area contributed by atoms with Crippen LogP contribution in [0.3, 0.4) is 0 Å². The number of ether oxygens (including phenoxy) is 1. The van der Waals surface area contributed by atoms with E-state index in [-0.39, 0.29) is 17.5 Å². The molecule has 2 aliphatic rings. The maximum atomic E-state index is 11.4. The molecule has 0 heterocycles. The SMILES string of the molecule is CC[Si](CC)(CC)O[C@H]1CCC[C@]2(C)[C@@H](OC(C)=O)CC[C@@H]12. The molecule has 0 bridgehead atoms. The van der Waals surface area contributed by atoms with Gasteiger partial charge in [0.1, 0.15) is 6.10 Å². The summed E-state index contributed by atoms with van der Waals surface area (Å²) in [4.78, 5) is 11.4. The predicted molar refractivity (Wildman–Crippen MR) is 92.3 cm³/mol. The normalized spacial score (nSPS) is 35.2. The Morgan fingerprint density at radius 3 is 2.32 bits per heavy atom. The zero-order chi connectivity index (χ0) is 16.4. The summed E-state index contributed by atoms with van der Waals surface area (Å²) < 4.78 is 12.5. The van der Waals surface area contributed by atoms with Gasteiger partial charge in [0.25, 0.3) is 0 Å². The van der Waals surface area contributed by atoms with E-state index in [0.29, 0.717) is 12.0 Å². The monoisotopic (exact) mass is 326 g/mol. The van der Waals surface area contributed by atoms with Gasteiger partial charge in [-0.05, 0) is 49.7 Å². The molecule has 0 amide bonds. The van der Waals surface area contributed by atoms with Crippen LogP contribution in [0.15, 0.2) is 0 Å². The molecule has 0 aromatic heterocycles. The summed E-state index contributed by atoms with van der Waals surface area (Å²) >= 11 is 0. The molecule has 0 unspecified atom stereocenters. The van der Waals surface area contributed by atoms with E-state index in [2.05, 4.69) is 27.7 Å². The van der Waals surface area contributed by atoms with E-state index in [9.17, 15) is 4.79 Å². The van der Waals surface area contributed by atoms with Crippen LogP contribution in [0, 0.1) is 11.3 Å². The number of hydrogen-bond donors (Lipinski definition) is 0. The standard InChI is InChI=1S/C18H34O3Si/c1-6-22(7-2,8-3)21-16-10-9-13-18(5)15(16)11-12-17(18)20-14(4)19/h15-17H,6-13H2,1-5H3/t15-,16-,17-,18-/m0/s1. The lowest BCUT2D eigenvalue weighted by Crippen LogP contribution is -2.49. The Kier molecular flexibility index (Phi) is 5.76. The number of esters is 1. The fourth-order valence-corrected chi connectivity index (χ4v) is 7.85. The van der Waals surface area contributed by atoms with Crippen molar-refractivity contribution in [2.45, 2.75) is 97.1 Å². The number of rotatable bonds is 6. The molecule has 0 spiro atoms. The molecular weight excluding hydrogens is 292 g/mol. The highest BCUT2D eigenvalue weighted by molar-refractivity contribution is 6.73. The highest BCUT2D eigenvalue weighted by Gasteiger charge is 2.54. The summed E-state index contributed by atoms with van der Waals surface area (Å²) in [5, 5.41) is 0. The molecule has 0 radical (unpaired) electrons. The lowest BCUT2D eigenvalue weighted by molar-refractivity contribution is -0.155. The molecule has 22 heavy (non-hydrogen) atoms. The molecule has 0 saturated heterocycles. The fourth-order valence-electron chi connectivity index (χ4n) is 4.93. The third-order valence-electron chi connectivity index (χ3n) is 6.62. The molecule has 0 aliphatic heterocycles. The number of fused-ring (bicyclic) bond motifs is 1. The van der Waals surface area contributed by atoms with Crippen LogP contribution < -0.4 is 0 Å². The van der Waals surface area contributed by atoms with Gasteiger partial charge < -0.3 is 9.16 Å². The van der Waals surface area contributed by atoms with Gasteiger partial charge in [0.15, 0.2) is 8.32 Å². The zero-order valence-corrected chi connectivity index (χ0v) is 16.1. The average molecular weight is 327 g/mol. The average Bonchev–Trinajstić information content (AvgIpc) is 2.82. The third kappa shape index (κ3) is 3.28. The minimum Gasteiger partial charge on any atom is -0.462 e. The van der Waals surface area contributed by atoms with Gasteiger partial charge >= 0.3 is 5.97 Å². The Morgan fingerprint density at radius 1 is 1.14 bits per heavy atom. The topological polar surface area (TPSA) is 35.5 Å². The van der Waals surface area contributed by atoms with E-state index in [1.807, 2.05) is 0 Å². The smallest absolute Gasteiger partial charge is 0.302 e. The van der Waals surface area contributed by atoms with Crippen LogP contribution in [-0.2, 0) is 14.0 Å². The Hall–Kier alpha value is -0.353. The predicted octanol–water partition coefficient (Wildman–Crippen LogP) is 4.91. The second kappa shape index (κ2) is 7.04. The number of carbonyl (C=O) groups is 1. The van der Waals surface area contributed by atoms with Gasteiger partial charge in [0.2, 0.25) is 0 Å². The Balaban J connectivity index is 2.14. The summed E-state index contributed by atoms with van der Waals surface area (Å²) in [6.45, 7) is 10.8. The molecule has 4 atom stereocenters. The van der Waals surface area contributed by atoms with Crippen molar-refractivity contribution in [3.8, 4) is 0 Å². The Labute approximate surface area is 137 Å². The first kappa shape index (κ1) is 18.0. The summed E-state index contributed by atoms with van der Waals surface area (Å²) in [7, 11) is -1.56. The quantitative estimate of drug-likeness (QED) is 0.514. The van der Waals surface area contributed by atoms with Crippen molar-refractivity contribution in [3.05, 3.63) is 0 Å². The minimum absolute atomic E-state index is 0.0994. The summed E-state index contributed by atoms with van der Waals surface area (Å²) in [6.07, 6.45) is 6.24. The molecule has 0 aromatic carbocycles. The van der Waals surface area contributed by atoms with E-state index in [4.69, 9.17) is 9.16 Å². The van der Waals surface area contributed by atoms with Gasteiger partial charge in [-0.2, -0.15) is 0 Å². The highest BCUT2D eigenvalue weighted by atomic mass is 28.4. The molecule has 4 heteroatoms. The molecule has 2 saturated carbocycles. The van der Waals surface area contributed by atoms with Gasteiger partial charge in [0, 0.05) is 18.4 Å². The first-order valence-corrected chi connectivity index (χ1v) is 11.8. The molecule has 128 valence electrons. The van der Waals surface area contributed by atoms with E-state index >= 15 is 0 Å². The van der Waals surface area contributed by atoms with Crippen molar-refractivity contribution in [1.29, 1.82) is 0 Å². The van der Waals surface area contributed by atoms with Gasteiger partial charge in [-0.25, -0.2) is 0 Å². The van der Waals surface area contributed by atoms with Crippen LogP contribution in [0.2, 0.25) is 18.1 Å². The van der Waals surface area contributed by atoms with Crippen molar-refractivity contribution in [3.63, 3.8) is 0 Å². The lowest BCUT2D eigenvalue weighted by atomic mass is 9.67. The number of hydrogen-bond acceptors (Lipinski definition) is 3. The Bertz CT molecular complexity index is 386. The van der Waals surface area contributed by atoms with E-state index < -0.39 is 8.32 Å². The van der Waals surface area contributed by atoms with Crippen LogP contribution in [-0.4, -0.2) is 26.5 Å². The van der Waals surface area contributed by atoms with Crippen LogP contribution in [0.4, 0.5) is 0 Å².